The Morgan fingerprint density at radius 1 is 1.09 bits per heavy atom. The fraction of sp³-hybridized carbons (Fsp3) is 0.222. The molecule has 1 aliphatic heterocycles. The lowest BCUT2D eigenvalue weighted by molar-refractivity contribution is -0.121. The van der Waals surface area contributed by atoms with Crippen LogP contribution >= 0.6 is 11.6 Å². The highest BCUT2D eigenvalue weighted by Gasteiger charge is 2.40. The molecular weight excluding hydrogens is 312 g/mol. The van der Waals surface area contributed by atoms with Crippen molar-refractivity contribution >= 4 is 34.8 Å². The van der Waals surface area contributed by atoms with Gasteiger partial charge in [-0.3, -0.25) is 9.59 Å². The molecule has 3 rings (SSSR count). The molecule has 0 unspecified atom stereocenters. The average molecular weight is 329 g/mol. The minimum absolute atomic E-state index is 0.148. The second-order valence-electron chi connectivity index (χ2n) is 5.77. The van der Waals surface area contributed by atoms with Gasteiger partial charge in [-0.15, -0.1) is 0 Å². The smallest absolute Gasteiger partial charge is 0.256 e. The van der Waals surface area contributed by atoms with Crippen molar-refractivity contribution in [3.05, 3.63) is 58.6 Å². The van der Waals surface area contributed by atoms with Crippen molar-refractivity contribution in [2.75, 3.05) is 10.2 Å². The van der Waals surface area contributed by atoms with Gasteiger partial charge in [0.15, 0.2) is 0 Å². The SMILES string of the molecule is Cc1ccc(C)c(N2C(=O)C[C@H](Nc3ccc(Cl)cc3)C2=O)c1. The van der Waals surface area contributed by atoms with Crippen molar-refractivity contribution in [1.29, 1.82) is 0 Å². The van der Waals surface area contributed by atoms with Gasteiger partial charge >= 0.3 is 0 Å². The van der Waals surface area contributed by atoms with Gasteiger partial charge in [-0.2, -0.15) is 0 Å². The number of nitrogens with one attached hydrogen (secondary N) is 1. The van der Waals surface area contributed by atoms with Gasteiger partial charge in [-0.1, -0.05) is 23.7 Å². The molecule has 118 valence electrons. The number of anilines is 2. The van der Waals surface area contributed by atoms with E-state index < -0.39 is 6.04 Å². The molecule has 4 nitrogen and oxygen atoms in total. The quantitative estimate of drug-likeness (QED) is 0.874. The van der Waals surface area contributed by atoms with Crippen LogP contribution in [0.15, 0.2) is 42.5 Å². The Balaban J connectivity index is 1.85. The van der Waals surface area contributed by atoms with Crippen LogP contribution < -0.4 is 10.2 Å². The third kappa shape index (κ3) is 3.08. The summed E-state index contributed by atoms with van der Waals surface area (Å²) in [5.74, 6) is -0.409. The van der Waals surface area contributed by atoms with E-state index in [4.69, 9.17) is 11.6 Å². The lowest BCUT2D eigenvalue weighted by Crippen LogP contribution is -2.35. The molecule has 1 saturated heterocycles. The predicted molar refractivity (Wildman–Crippen MR) is 91.9 cm³/mol. The van der Waals surface area contributed by atoms with E-state index in [1.807, 2.05) is 32.0 Å². The van der Waals surface area contributed by atoms with E-state index in [1.54, 1.807) is 24.3 Å². The first-order valence-corrected chi connectivity index (χ1v) is 7.79. The Morgan fingerprint density at radius 2 is 1.78 bits per heavy atom. The number of hydrogen-bond acceptors (Lipinski definition) is 3. The van der Waals surface area contributed by atoms with Gasteiger partial charge in [0.25, 0.3) is 5.91 Å². The molecule has 2 amide bonds. The largest absolute Gasteiger partial charge is 0.373 e. The third-order valence-electron chi connectivity index (χ3n) is 3.94. The Labute approximate surface area is 140 Å². The van der Waals surface area contributed by atoms with Gasteiger partial charge in [0.05, 0.1) is 12.1 Å². The number of benzene rings is 2. The monoisotopic (exact) mass is 328 g/mol. The van der Waals surface area contributed by atoms with E-state index in [0.717, 1.165) is 16.8 Å². The van der Waals surface area contributed by atoms with Crippen LogP contribution in [0.2, 0.25) is 5.02 Å². The number of halogens is 1. The van der Waals surface area contributed by atoms with E-state index in [0.29, 0.717) is 10.7 Å². The molecule has 1 fully saturated rings. The van der Waals surface area contributed by atoms with Crippen LogP contribution in [-0.2, 0) is 9.59 Å². The summed E-state index contributed by atoms with van der Waals surface area (Å²) in [5.41, 5.74) is 3.36. The number of carbonyl (C=O) groups excluding carboxylic acids is 2. The van der Waals surface area contributed by atoms with E-state index in [9.17, 15) is 9.59 Å². The second kappa shape index (κ2) is 6.05. The number of aryl methyl sites for hydroxylation is 2. The zero-order valence-electron chi connectivity index (χ0n) is 13.0. The fourth-order valence-corrected chi connectivity index (χ4v) is 2.83. The van der Waals surface area contributed by atoms with Crippen molar-refractivity contribution < 1.29 is 9.59 Å². The Morgan fingerprint density at radius 3 is 2.48 bits per heavy atom. The molecule has 2 aromatic carbocycles. The van der Waals surface area contributed by atoms with Gasteiger partial charge in [0, 0.05) is 10.7 Å². The maximum absolute atomic E-state index is 12.7. The molecule has 1 atom stereocenters. The summed E-state index contributed by atoms with van der Waals surface area (Å²) in [6, 6.07) is 12.3. The average Bonchev–Trinajstić information content (AvgIpc) is 2.78. The first-order chi connectivity index (χ1) is 11.0. The van der Waals surface area contributed by atoms with E-state index >= 15 is 0 Å². The molecule has 0 aromatic heterocycles. The van der Waals surface area contributed by atoms with Crippen LogP contribution in [-0.4, -0.2) is 17.9 Å². The van der Waals surface area contributed by atoms with Gasteiger partial charge in [-0.25, -0.2) is 4.90 Å². The van der Waals surface area contributed by atoms with E-state index in [1.165, 1.54) is 4.90 Å². The summed E-state index contributed by atoms with van der Waals surface area (Å²) in [6.45, 7) is 3.84. The molecule has 2 aromatic rings. The summed E-state index contributed by atoms with van der Waals surface area (Å²) >= 11 is 5.86. The fourth-order valence-electron chi connectivity index (χ4n) is 2.71. The summed E-state index contributed by atoms with van der Waals surface area (Å²) in [7, 11) is 0. The minimum atomic E-state index is -0.552. The van der Waals surface area contributed by atoms with E-state index in [-0.39, 0.29) is 18.2 Å². The standard InChI is InChI=1S/C18H17ClN2O2/c1-11-3-4-12(2)16(9-11)21-17(22)10-15(18(21)23)20-14-7-5-13(19)6-8-14/h3-9,15,20H,10H2,1-2H3/t15-/m0/s1. The molecule has 5 heteroatoms. The molecule has 1 heterocycles. The topological polar surface area (TPSA) is 49.4 Å². The van der Waals surface area contributed by atoms with Crippen LogP contribution in [0.25, 0.3) is 0 Å². The summed E-state index contributed by atoms with van der Waals surface area (Å²) in [5, 5.41) is 3.74. The van der Waals surface area contributed by atoms with E-state index in [2.05, 4.69) is 5.32 Å². The van der Waals surface area contributed by atoms with Crippen LogP contribution in [0.4, 0.5) is 11.4 Å². The highest BCUT2D eigenvalue weighted by molar-refractivity contribution is 6.30. The lowest BCUT2D eigenvalue weighted by atomic mass is 10.1. The maximum atomic E-state index is 12.7. The summed E-state index contributed by atoms with van der Waals surface area (Å²) in [4.78, 5) is 26.3. The molecule has 1 aliphatic rings. The van der Waals surface area contributed by atoms with Crippen molar-refractivity contribution in [2.24, 2.45) is 0 Å². The van der Waals surface area contributed by atoms with Gasteiger partial charge in [-0.05, 0) is 55.3 Å². The molecule has 0 saturated carbocycles. The number of carbonyl (C=O) groups is 2. The Kier molecular flexibility index (Phi) is 4.09. The predicted octanol–water partition coefficient (Wildman–Crippen LogP) is 3.70. The van der Waals surface area contributed by atoms with Gasteiger partial charge in [0.1, 0.15) is 6.04 Å². The molecule has 0 spiro atoms. The lowest BCUT2D eigenvalue weighted by Gasteiger charge is -2.18. The first-order valence-electron chi connectivity index (χ1n) is 7.42. The summed E-state index contributed by atoms with van der Waals surface area (Å²) in [6.07, 6.45) is 0.148. The van der Waals surface area contributed by atoms with Gasteiger partial charge < -0.3 is 5.32 Å². The molecule has 0 radical (unpaired) electrons. The Hall–Kier alpha value is -2.33. The Bertz CT molecular complexity index is 771. The first kappa shape index (κ1) is 15.6. The minimum Gasteiger partial charge on any atom is -0.373 e. The maximum Gasteiger partial charge on any atom is 0.256 e. The zero-order valence-corrected chi connectivity index (χ0v) is 13.7. The molecular formula is C18H17ClN2O2. The third-order valence-corrected chi connectivity index (χ3v) is 4.19. The summed E-state index contributed by atoms with van der Waals surface area (Å²) < 4.78 is 0. The highest BCUT2D eigenvalue weighted by atomic mass is 35.5. The number of amides is 2. The number of imide groups is 1. The molecule has 0 aliphatic carbocycles. The van der Waals surface area contributed by atoms with Crippen LogP contribution in [0.5, 0.6) is 0 Å². The van der Waals surface area contributed by atoms with Crippen molar-refractivity contribution in [3.8, 4) is 0 Å². The number of rotatable bonds is 3. The second-order valence-corrected chi connectivity index (χ2v) is 6.20. The van der Waals surface area contributed by atoms with Crippen LogP contribution in [0.1, 0.15) is 17.5 Å². The van der Waals surface area contributed by atoms with Crippen LogP contribution in [0, 0.1) is 13.8 Å². The normalized spacial score (nSPS) is 17.7. The van der Waals surface area contributed by atoms with Crippen molar-refractivity contribution in [1.82, 2.24) is 0 Å². The number of nitrogens with zero attached hydrogens (tertiary/aromatic N) is 1. The highest BCUT2D eigenvalue weighted by Crippen LogP contribution is 2.28. The number of hydrogen-bond donors (Lipinski definition) is 1. The van der Waals surface area contributed by atoms with Crippen LogP contribution in [0.3, 0.4) is 0 Å². The zero-order chi connectivity index (χ0) is 16.6. The molecule has 1 N–H and O–H groups in total. The van der Waals surface area contributed by atoms with Crippen molar-refractivity contribution in [3.63, 3.8) is 0 Å². The van der Waals surface area contributed by atoms with Crippen molar-refractivity contribution in [2.45, 2.75) is 26.3 Å². The van der Waals surface area contributed by atoms with Gasteiger partial charge in [0.2, 0.25) is 5.91 Å². The molecule has 23 heavy (non-hydrogen) atoms. The molecule has 0 bridgehead atoms.